The van der Waals surface area contributed by atoms with Gasteiger partial charge in [-0.25, -0.2) is 0 Å². The minimum atomic E-state index is -0.338. The fraction of sp³-hybridized carbons (Fsp3) is 0.130. The Hall–Kier alpha value is -3.64. The number of para-hydroxylation sites is 1. The van der Waals surface area contributed by atoms with Gasteiger partial charge in [-0.05, 0) is 42.0 Å². The smallest absolute Gasteiger partial charge is 0.250 e. The van der Waals surface area contributed by atoms with E-state index in [0.29, 0.717) is 23.7 Å². The van der Waals surface area contributed by atoms with Crippen molar-refractivity contribution in [2.24, 2.45) is 0 Å². The first-order chi connectivity index (χ1) is 14.2. The largest absolute Gasteiger partial charge is 0.489 e. The summed E-state index contributed by atoms with van der Waals surface area (Å²) in [4.78, 5) is 23.7. The molecule has 0 radical (unpaired) electrons. The zero-order valence-electron chi connectivity index (χ0n) is 15.8. The molecule has 0 heterocycles. The number of rotatable bonds is 9. The molecule has 2 N–H and O–H groups in total. The maximum Gasteiger partial charge on any atom is 0.250 e. The van der Waals surface area contributed by atoms with Crippen molar-refractivity contribution in [2.45, 2.75) is 6.61 Å². The van der Waals surface area contributed by atoms with E-state index in [2.05, 4.69) is 10.6 Å². The summed E-state index contributed by atoms with van der Waals surface area (Å²) in [5.74, 6) is 0.0556. The lowest BCUT2D eigenvalue weighted by molar-refractivity contribution is -0.125. The number of amides is 2. The van der Waals surface area contributed by atoms with Crippen LogP contribution in [0.25, 0.3) is 0 Å². The second kappa shape index (κ2) is 10.6. The van der Waals surface area contributed by atoms with E-state index in [4.69, 9.17) is 9.47 Å². The monoisotopic (exact) mass is 390 g/mol. The Morgan fingerprint density at radius 3 is 1.76 bits per heavy atom. The van der Waals surface area contributed by atoms with Crippen LogP contribution in [0.4, 0.5) is 11.4 Å². The second-order valence-electron chi connectivity index (χ2n) is 6.25. The van der Waals surface area contributed by atoms with Gasteiger partial charge in [0.05, 0.1) is 0 Å². The van der Waals surface area contributed by atoms with Crippen molar-refractivity contribution in [2.75, 3.05) is 23.8 Å². The number of carbonyl (C=O) groups is 2. The number of benzene rings is 3. The van der Waals surface area contributed by atoms with E-state index >= 15 is 0 Å². The molecular formula is C23H22N2O4. The average molecular weight is 390 g/mol. The highest BCUT2D eigenvalue weighted by atomic mass is 16.5. The van der Waals surface area contributed by atoms with Crippen LogP contribution < -0.4 is 15.4 Å². The molecule has 3 aromatic rings. The Labute approximate surface area is 169 Å². The summed E-state index contributed by atoms with van der Waals surface area (Å²) in [5, 5.41) is 5.40. The van der Waals surface area contributed by atoms with E-state index in [9.17, 15) is 9.59 Å². The lowest BCUT2D eigenvalue weighted by atomic mass is 10.2. The van der Waals surface area contributed by atoms with Gasteiger partial charge in [0.25, 0.3) is 0 Å². The summed E-state index contributed by atoms with van der Waals surface area (Å²) in [6, 6.07) is 26.0. The second-order valence-corrected chi connectivity index (χ2v) is 6.25. The Balaban J connectivity index is 1.36. The van der Waals surface area contributed by atoms with Gasteiger partial charge in [0, 0.05) is 11.4 Å². The molecule has 0 bridgehead atoms. The van der Waals surface area contributed by atoms with Crippen LogP contribution in [-0.2, 0) is 20.9 Å². The van der Waals surface area contributed by atoms with Gasteiger partial charge in [-0.3, -0.25) is 9.59 Å². The molecule has 3 rings (SSSR count). The topological polar surface area (TPSA) is 76.7 Å². The van der Waals surface area contributed by atoms with E-state index < -0.39 is 0 Å². The molecular weight excluding hydrogens is 368 g/mol. The van der Waals surface area contributed by atoms with Crippen molar-refractivity contribution in [3.05, 3.63) is 90.5 Å². The van der Waals surface area contributed by atoms with Gasteiger partial charge in [0.1, 0.15) is 25.6 Å². The fourth-order valence-corrected chi connectivity index (χ4v) is 2.53. The number of nitrogens with one attached hydrogen (secondary N) is 2. The first-order valence-corrected chi connectivity index (χ1v) is 9.18. The van der Waals surface area contributed by atoms with E-state index in [1.54, 1.807) is 36.4 Å². The molecule has 0 saturated carbocycles. The van der Waals surface area contributed by atoms with E-state index in [0.717, 1.165) is 5.56 Å². The van der Waals surface area contributed by atoms with Gasteiger partial charge in [0.15, 0.2) is 0 Å². The summed E-state index contributed by atoms with van der Waals surface area (Å²) in [6.07, 6.45) is 0. The van der Waals surface area contributed by atoms with E-state index in [-0.39, 0.29) is 25.0 Å². The maximum atomic E-state index is 11.9. The van der Waals surface area contributed by atoms with Crippen LogP contribution in [0.1, 0.15) is 5.56 Å². The third-order valence-corrected chi connectivity index (χ3v) is 3.91. The Kier molecular flexibility index (Phi) is 7.37. The molecule has 0 spiro atoms. The van der Waals surface area contributed by atoms with Crippen LogP contribution in [0.5, 0.6) is 5.75 Å². The maximum absolute atomic E-state index is 11.9. The van der Waals surface area contributed by atoms with E-state index in [1.807, 2.05) is 48.5 Å². The summed E-state index contributed by atoms with van der Waals surface area (Å²) < 4.78 is 10.9. The van der Waals surface area contributed by atoms with Gasteiger partial charge in [0.2, 0.25) is 11.8 Å². The molecule has 0 saturated heterocycles. The predicted molar refractivity (Wildman–Crippen MR) is 112 cm³/mol. The van der Waals surface area contributed by atoms with E-state index in [1.165, 1.54) is 0 Å². The zero-order valence-corrected chi connectivity index (χ0v) is 15.8. The summed E-state index contributed by atoms with van der Waals surface area (Å²) >= 11 is 0. The lowest BCUT2D eigenvalue weighted by Gasteiger charge is -2.09. The molecule has 148 valence electrons. The molecule has 0 aliphatic heterocycles. The number of anilines is 2. The summed E-state index contributed by atoms with van der Waals surface area (Å²) in [7, 11) is 0. The number of hydrogen-bond acceptors (Lipinski definition) is 4. The van der Waals surface area contributed by atoms with Gasteiger partial charge >= 0.3 is 0 Å². The highest BCUT2D eigenvalue weighted by molar-refractivity contribution is 5.93. The van der Waals surface area contributed by atoms with Gasteiger partial charge < -0.3 is 20.1 Å². The molecule has 0 aliphatic carbocycles. The fourth-order valence-electron chi connectivity index (χ4n) is 2.53. The molecule has 0 unspecified atom stereocenters. The highest BCUT2D eigenvalue weighted by Crippen LogP contribution is 2.17. The average Bonchev–Trinajstić information content (AvgIpc) is 2.75. The van der Waals surface area contributed by atoms with Crippen molar-refractivity contribution < 1.29 is 19.1 Å². The van der Waals surface area contributed by atoms with Crippen molar-refractivity contribution in [1.29, 1.82) is 0 Å². The molecule has 0 fully saturated rings. The van der Waals surface area contributed by atoms with Gasteiger partial charge in [-0.2, -0.15) is 0 Å². The normalized spacial score (nSPS) is 10.2. The van der Waals surface area contributed by atoms with Crippen LogP contribution in [0.2, 0.25) is 0 Å². The minimum absolute atomic E-state index is 0.200. The lowest BCUT2D eigenvalue weighted by Crippen LogP contribution is -2.23. The summed E-state index contributed by atoms with van der Waals surface area (Å²) in [6.45, 7) is 0.0640. The van der Waals surface area contributed by atoms with Crippen LogP contribution in [0.15, 0.2) is 84.9 Å². The van der Waals surface area contributed by atoms with Crippen molar-refractivity contribution >= 4 is 23.2 Å². The molecule has 0 aromatic heterocycles. The number of ether oxygens (including phenoxy) is 2. The molecule has 0 aliphatic rings. The first kappa shape index (κ1) is 20.1. The van der Waals surface area contributed by atoms with Crippen molar-refractivity contribution in [1.82, 2.24) is 0 Å². The number of carbonyl (C=O) groups excluding carboxylic acids is 2. The third-order valence-electron chi connectivity index (χ3n) is 3.91. The van der Waals surface area contributed by atoms with Crippen molar-refractivity contribution in [3.8, 4) is 5.75 Å². The van der Waals surface area contributed by atoms with Crippen molar-refractivity contribution in [3.63, 3.8) is 0 Å². The van der Waals surface area contributed by atoms with Gasteiger partial charge in [-0.1, -0.05) is 48.5 Å². The molecule has 2 amide bonds. The van der Waals surface area contributed by atoms with Crippen LogP contribution in [-0.4, -0.2) is 25.0 Å². The predicted octanol–water partition coefficient (Wildman–Crippen LogP) is 3.86. The number of hydrogen-bond donors (Lipinski definition) is 2. The SMILES string of the molecule is O=C(COCC(=O)Nc1ccc(OCc2ccccc2)cc1)Nc1ccccc1. The first-order valence-electron chi connectivity index (χ1n) is 9.18. The molecule has 6 heteroatoms. The minimum Gasteiger partial charge on any atom is -0.489 e. The molecule has 0 atom stereocenters. The quantitative estimate of drug-likeness (QED) is 0.582. The van der Waals surface area contributed by atoms with Crippen LogP contribution >= 0.6 is 0 Å². The summed E-state index contributed by atoms with van der Waals surface area (Å²) in [5.41, 5.74) is 2.39. The Morgan fingerprint density at radius 2 is 1.17 bits per heavy atom. The van der Waals surface area contributed by atoms with Gasteiger partial charge in [-0.15, -0.1) is 0 Å². The molecule has 3 aromatic carbocycles. The Bertz CT molecular complexity index is 913. The van der Waals surface area contributed by atoms with Crippen LogP contribution in [0.3, 0.4) is 0 Å². The zero-order chi connectivity index (χ0) is 20.3. The third kappa shape index (κ3) is 7.12. The van der Waals surface area contributed by atoms with Crippen LogP contribution in [0, 0.1) is 0 Å². The standard InChI is InChI=1S/C23H22N2O4/c26-22(24-19-9-5-2-6-10-19)16-28-17-23(27)25-20-11-13-21(14-12-20)29-15-18-7-3-1-4-8-18/h1-14H,15-17H2,(H,24,26)(H,25,27). The molecule has 29 heavy (non-hydrogen) atoms. The molecule has 6 nitrogen and oxygen atoms in total. The highest BCUT2D eigenvalue weighted by Gasteiger charge is 2.06. The Morgan fingerprint density at radius 1 is 0.655 bits per heavy atom.